The Morgan fingerprint density at radius 3 is 2.43 bits per heavy atom. The Hall–Kier alpha value is -2.12. The quantitative estimate of drug-likeness (QED) is 0.847. The SMILES string of the molecule is C[C@H](C(=O)NC(N)=O)N1CCN(C(=O)c2cccc(Cl)c2)CC1. The van der Waals surface area contributed by atoms with Crippen LogP contribution in [-0.2, 0) is 4.79 Å². The monoisotopic (exact) mass is 338 g/mol. The van der Waals surface area contributed by atoms with Crippen LogP contribution in [-0.4, -0.2) is 59.9 Å². The van der Waals surface area contributed by atoms with Crippen molar-refractivity contribution in [1.29, 1.82) is 0 Å². The predicted molar refractivity (Wildman–Crippen MR) is 86.1 cm³/mol. The van der Waals surface area contributed by atoms with Crippen molar-refractivity contribution in [1.82, 2.24) is 15.1 Å². The smallest absolute Gasteiger partial charge is 0.318 e. The zero-order chi connectivity index (χ0) is 17.0. The molecular formula is C15H19ClN4O3. The lowest BCUT2D eigenvalue weighted by molar-refractivity contribution is -0.125. The molecule has 3 N–H and O–H groups in total. The van der Waals surface area contributed by atoms with Gasteiger partial charge in [0.2, 0.25) is 5.91 Å². The lowest BCUT2D eigenvalue weighted by Gasteiger charge is -2.37. The third-order valence-corrected chi connectivity index (χ3v) is 4.08. The number of piperazine rings is 1. The molecule has 1 fully saturated rings. The Labute approximate surface area is 139 Å². The summed E-state index contributed by atoms with van der Waals surface area (Å²) in [4.78, 5) is 38.6. The van der Waals surface area contributed by atoms with E-state index in [0.29, 0.717) is 36.8 Å². The molecular weight excluding hydrogens is 320 g/mol. The van der Waals surface area contributed by atoms with Crippen LogP contribution in [0, 0.1) is 0 Å². The number of amides is 4. The number of carbonyl (C=O) groups excluding carboxylic acids is 3. The second-order valence-electron chi connectivity index (χ2n) is 5.37. The van der Waals surface area contributed by atoms with Crippen molar-refractivity contribution in [3.8, 4) is 0 Å². The topological polar surface area (TPSA) is 95.7 Å². The number of nitrogens with two attached hydrogens (primary N) is 1. The fraction of sp³-hybridized carbons (Fsp3) is 0.400. The molecule has 124 valence electrons. The highest BCUT2D eigenvalue weighted by Crippen LogP contribution is 2.15. The number of primary amides is 1. The zero-order valence-corrected chi connectivity index (χ0v) is 13.5. The van der Waals surface area contributed by atoms with E-state index in [1.807, 2.05) is 4.90 Å². The first-order valence-corrected chi connectivity index (χ1v) is 7.65. The molecule has 23 heavy (non-hydrogen) atoms. The summed E-state index contributed by atoms with van der Waals surface area (Å²) in [7, 11) is 0. The van der Waals surface area contributed by atoms with Crippen molar-refractivity contribution in [3.05, 3.63) is 34.9 Å². The number of rotatable bonds is 3. The minimum absolute atomic E-state index is 0.0820. The number of hydrogen-bond acceptors (Lipinski definition) is 4. The summed E-state index contributed by atoms with van der Waals surface area (Å²) < 4.78 is 0. The van der Waals surface area contributed by atoms with E-state index in [4.69, 9.17) is 17.3 Å². The molecule has 0 aromatic heterocycles. The Morgan fingerprint density at radius 2 is 1.87 bits per heavy atom. The Kier molecular flexibility index (Phi) is 5.57. The van der Waals surface area contributed by atoms with Crippen LogP contribution in [0.2, 0.25) is 5.02 Å². The molecule has 2 rings (SSSR count). The van der Waals surface area contributed by atoms with Crippen LogP contribution in [0.4, 0.5) is 4.79 Å². The summed E-state index contributed by atoms with van der Waals surface area (Å²) in [6.07, 6.45) is 0. The number of urea groups is 1. The van der Waals surface area contributed by atoms with Gasteiger partial charge >= 0.3 is 6.03 Å². The summed E-state index contributed by atoms with van der Waals surface area (Å²) in [6.45, 7) is 3.78. The lowest BCUT2D eigenvalue weighted by Crippen LogP contribution is -2.55. The maximum Gasteiger partial charge on any atom is 0.318 e. The summed E-state index contributed by atoms with van der Waals surface area (Å²) in [5, 5.41) is 2.59. The molecule has 0 spiro atoms. The van der Waals surface area contributed by atoms with Crippen molar-refractivity contribution in [2.24, 2.45) is 5.73 Å². The highest BCUT2D eigenvalue weighted by Gasteiger charge is 2.28. The van der Waals surface area contributed by atoms with Gasteiger partial charge in [-0.25, -0.2) is 4.79 Å². The lowest BCUT2D eigenvalue weighted by atomic mass is 10.1. The Bertz CT molecular complexity index is 614. The number of nitrogens with one attached hydrogen (secondary N) is 1. The van der Waals surface area contributed by atoms with Crippen LogP contribution in [0.15, 0.2) is 24.3 Å². The van der Waals surface area contributed by atoms with Crippen LogP contribution in [0.5, 0.6) is 0 Å². The fourth-order valence-corrected chi connectivity index (χ4v) is 2.70. The molecule has 1 aliphatic heterocycles. The first-order chi connectivity index (χ1) is 10.9. The van der Waals surface area contributed by atoms with E-state index in [0.717, 1.165) is 0 Å². The molecule has 1 aromatic carbocycles. The van der Waals surface area contributed by atoms with Gasteiger partial charge in [0.15, 0.2) is 0 Å². The minimum atomic E-state index is -0.864. The van der Waals surface area contributed by atoms with Crippen LogP contribution in [0.1, 0.15) is 17.3 Å². The highest BCUT2D eigenvalue weighted by atomic mass is 35.5. The summed E-state index contributed by atoms with van der Waals surface area (Å²) in [5.41, 5.74) is 5.49. The Morgan fingerprint density at radius 1 is 1.22 bits per heavy atom. The summed E-state index contributed by atoms with van der Waals surface area (Å²) in [6, 6.07) is 5.47. The minimum Gasteiger partial charge on any atom is -0.351 e. The first kappa shape index (κ1) is 17.2. The zero-order valence-electron chi connectivity index (χ0n) is 12.8. The van der Waals surface area contributed by atoms with Crippen LogP contribution in [0.3, 0.4) is 0 Å². The van der Waals surface area contributed by atoms with Crippen LogP contribution in [0.25, 0.3) is 0 Å². The molecule has 1 heterocycles. The molecule has 1 atom stereocenters. The number of hydrogen-bond donors (Lipinski definition) is 2. The number of nitrogens with zero attached hydrogens (tertiary/aromatic N) is 2. The molecule has 1 saturated heterocycles. The second-order valence-corrected chi connectivity index (χ2v) is 5.80. The third-order valence-electron chi connectivity index (χ3n) is 3.85. The Balaban J connectivity index is 1.92. The molecule has 8 heteroatoms. The standard InChI is InChI=1S/C15H19ClN4O3/c1-10(13(21)18-15(17)23)19-5-7-20(8-6-19)14(22)11-3-2-4-12(16)9-11/h2-4,9-10H,5-8H2,1H3,(H3,17,18,21,23)/t10-/m1/s1. The summed E-state index contributed by atoms with van der Waals surface area (Å²) >= 11 is 5.91. The largest absolute Gasteiger partial charge is 0.351 e. The van der Waals surface area contributed by atoms with Crippen LogP contribution < -0.4 is 11.1 Å². The molecule has 0 radical (unpaired) electrons. The van der Waals surface area contributed by atoms with Gasteiger partial charge in [-0.05, 0) is 25.1 Å². The van der Waals surface area contributed by atoms with E-state index in [1.54, 1.807) is 36.1 Å². The molecule has 0 aliphatic carbocycles. The second kappa shape index (κ2) is 7.43. The summed E-state index contributed by atoms with van der Waals surface area (Å²) in [5.74, 6) is -0.520. The number of carbonyl (C=O) groups is 3. The first-order valence-electron chi connectivity index (χ1n) is 7.27. The van der Waals surface area contributed by atoms with E-state index in [2.05, 4.69) is 5.32 Å². The number of imide groups is 1. The molecule has 1 aliphatic rings. The van der Waals surface area contributed by atoms with Crippen molar-refractivity contribution >= 4 is 29.4 Å². The van der Waals surface area contributed by atoms with Gasteiger partial charge in [-0.1, -0.05) is 17.7 Å². The molecule has 1 aromatic rings. The average molecular weight is 339 g/mol. The van der Waals surface area contributed by atoms with Crippen molar-refractivity contribution in [3.63, 3.8) is 0 Å². The van der Waals surface area contributed by atoms with Gasteiger partial charge in [-0.2, -0.15) is 0 Å². The molecule has 4 amide bonds. The third kappa shape index (κ3) is 4.43. The van der Waals surface area contributed by atoms with Gasteiger partial charge in [0.05, 0.1) is 6.04 Å². The van der Waals surface area contributed by atoms with Crippen LogP contribution >= 0.6 is 11.6 Å². The molecule has 0 saturated carbocycles. The number of halogens is 1. The van der Waals surface area contributed by atoms with E-state index < -0.39 is 18.0 Å². The van der Waals surface area contributed by atoms with Gasteiger partial charge < -0.3 is 10.6 Å². The normalized spacial score (nSPS) is 16.7. The van der Waals surface area contributed by atoms with E-state index in [1.165, 1.54) is 0 Å². The van der Waals surface area contributed by atoms with E-state index in [-0.39, 0.29) is 5.91 Å². The number of benzene rings is 1. The van der Waals surface area contributed by atoms with Crippen molar-refractivity contribution in [2.45, 2.75) is 13.0 Å². The fourth-order valence-electron chi connectivity index (χ4n) is 2.51. The van der Waals surface area contributed by atoms with Gasteiger partial charge in [0.1, 0.15) is 0 Å². The molecule has 0 unspecified atom stereocenters. The maximum atomic E-state index is 12.4. The predicted octanol–water partition coefficient (Wildman–Crippen LogP) is 0.681. The maximum absolute atomic E-state index is 12.4. The van der Waals surface area contributed by atoms with E-state index in [9.17, 15) is 14.4 Å². The van der Waals surface area contributed by atoms with Gasteiger partial charge in [-0.3, -0.25) is 19.8 Å². The van der Waals surface area contributed by atoms with Gasteiger partial charge in [-0.15, -0.1) is 0 Å². The highest BCUT2D eigenvalue weighted by molar-refractivity contribution is 6.30. The molecule has 0 bridgehead atoms. The van der Waals surface area contributed by atoms with Gasteiger partial charge in [0.25, 0.3) is 5.91 Å². The van der Waals surface area contributed by atoms with Crippen molar-refractivity contribution < 1.29 is 14.4 Å². The van der Waals surface area contributed by atoms with E-state index >= 15 is 0 Å². The molecule has 7 nitrogen and oxygen atoms in total. The van der Waals surface area contributed by atoms with Gasteiger partial charge in [0, 0.05) is 36.8 Å². The van der Waals surface area contributed by atoms with Crippen molar-refractivity contribution in [2.75, 3.05) is 26.2 Å². The average Bonchev–Trinajstić information content (AvgIpc) is 2.53.